The first-order valence-electron chi connectivity index (χ1n) is 7.91. The van der Waals surface area contributed by atoms with Gasteiger partial charge in [-0.15, -0.1) is 12.6 Å². The molecule has 2 aromatic rings. The van der Waals surface area contributed by atoms with Crippen LogP contribution in [0.15, 0.2) is 53.1 Å². The van der Waals surface area contributed by atoms with Gasteiger partial charge < -0.3 is 19.7 Å². The second kappa shape index (κ2) is 7.60. The Morgan fingerprint density at radius 3 is 2.41 bits per heavy atom. The topological polar surface area (TPSA) is 74.6 Å². The van der Waals surface area contributed by atoms with Gasteiger partial charge in [0.05, 0.1) is 19.2 Å². The quantitative estimate of drug-likeness (QED) is 0.791. The summed E-state index contributed by atoms with van der Waals surface area (Å²) in [6, 6.07) is 12.7. The van der Waals surface area contributed by atoms with Crippen molar-refractivity contribution in [3.8, 4) is 17.6 Å². The summed E-state index contributed by atoms with van der Waals surface area (Å²) in [7, 11) is 3.04. The van der Waals surface area contributed by atoms with Crippen LogP contribution in [0.5, 0.6) is 11.5 Å². The van der Waals surface area contributed by atoms with Crippen molar-refractivity contribution in [2.24, 2.45) is 0 Å². The third-order valence-corrected chi connectivity index (χ3v) is 4.58. The largest absolute Gasteiger partial charge is 0.493 e. The maximum Gasteiger partial charge on any atom is 0.266 e. The van der Waals surface area contributed by atoms with Gasteiger partial charge in [0.2, 0.25) is 0 Å². The number of hydrogen-bond acceptors (Lipinski definition) is 6. The molecule has 0 aliphatic carbocycles. The molecule has 1 unspecified atom stereocenters. The van der Waals surface area contributed by atoms with Gasteiger partial charge in [-0.05, 0) is 42.0 Å². The Kier molecular flexibility index (Phi) is 5.23. The molecular formula is C19H16FN3O3S. The maximum atomic E-state index is 13.4. The Balaban J connectivity index is 2.15. The predicted octanol–water partition coefficient (Wildman–Crippen LogP) is 3.14. The number of ether oxygens (including phenoxy) is 2. The molecule has 3 rings (SSSR count). The Labute approximate surface area is 161 Å². The van der Waals surface area contributed by atoms with Gasteiger partial charge in [0.25, 0.3) is 5.91 Å². The van der Waals surface area contributed by atoms with Crippen LogP contribution in [0.2, 0.25) is 0 Å². The lowest BCUT2D eigenvalue weighted by Gasteiger charge is -2.38. The molecule has 1 atom stereocenters. The van der Waals surface area contributed by atoms with Crippen molar-refractivity contribution < 1.29 is 18.7 Å². The molecule has 0 saturated carbocycles. The fraction of sp³-hybridized carbons (Fsp3) is 0.158. The minimum Gasteiger partial charge on any atom is -0.493 e. The second-order valence-electron chi connectivity index (χ2n) is 5.65. The van der Waals surface area contributed by atoms with Crippen LogP contribution >= 0.6 is 12.6 Å². The minimum atomic E-state index is -0.674. The van der Waals surface area contributed by atoms with Gasteiger partial charge in [-0.25, -0.2) is 4.39 Å². The average Bonchev–Trinajstić information content (AvgIpc) is 2.68. The fourth-order valence-corrected chi connectivity index (χ4v) is 3.22. The van der Waals surface area contributed by atoms with E-state index in [1.54, 1.807) is 35.2 Å². The van der Waals surface area contributed by atoms with Crippen LogP contribution in [-0.2, 0) is 4.79 Å². The number of anilines is 1. The monoisotopic (exact) mass is 385 g/mol. The molecule has 1 heterocycles. The first kappa shape index (κ1) is 18.6. The first-order chi connectivity index (χ1) is 13.0. The third-order valence-electron chi connectivity index (χ3n) is 4.14. The number of thiol groups is 1. The number of rotatable bonds is 4. The number of nitriles is 1. The lowest BCUT2D eigenvalue weighted by molar-refractivity contribution is -0.118. The van der Waals surface area contributed by atoms with Crippen LogP contribution in [0, 0.1) is 17.1 Å². The molecule has 138 valence electrons. The zero-order chi connectivity index (χ0) is 19.6. The summed E-state index contributed by atoms with van der Waals surface area (Å²) in [5, 5.41) is 12.3. The zero-order valence-electron chi connectivity index (χ0n) is 14.6. The number of nitrogens with zero attached hydrogens (tertiary/aromatic N) is 2. The van der Waals surface area contributed by atoms with Crippen molar-refractivity contribution in [2.75, 3.05) is 19.1 Å². The number of carbonyl (C=O) groups excluding carboxylic acids is 1. The molecular weight excluding hydrogens is 369 g/mol. The molecule has 1 amide bonds. The van der Waals surface area contributed by atoms with Crippen molar-refractivity contribution >= 4 is 24.2 Å². The number of nitrogens with one attached hydrogen (secondary N) is 1. The summed E-state index contributed by atoms with van der Waals surface area (Å²) < 4.78 is 23.9. The number of amides is 1. The van der Waals surface area contributed by atoms with E-state index in [1.165, 1.54) is 26.4 Å². The standard InChI is InChI=1S/C19H16FN3O3S/c1-25-15-8-3-11(9-16(15)26-2)17-22-18(24)14(10-21)19(27)23(17)13-6-4-12(20)5-7-13/h3-9,17,27H,1-2H3,(H,22,24). The van der Waals surface area contributed by atoms with Gasteiger partial charge >= 0.3 is 0 Å². The second-order valence-corrected chi connectivity index (χ2v) is 6.07. The lowest BCUT2D eigenvalue weighted by Crippen LogP contribution is -2.46. The normalized spacial score (nSPS) is 16.6. The molecule has 1 aliphatic rings. The molecule has 1 aliphatic heterocycles. The minimum absolute atomic E-state index is 0.126. The third kappa shape index (κ3) is 3.41. The molecule has 0 saturated heterocycles. The maximum absolute atomic E-state index is 13.4. The Hall–Kier alpha value is -3.18. The van der Waals surface area contributed by atoms with Crippen LogP contribution in [-0.4, -0.2) is 20.1 Å². The number of benzene rings is 2. The van der Waals surface area contributed by atoms with Crippen LogP contribution in [0.4, 0.5) is 10.1 Å². The number of carbonyl (C=O) groups is 1. The van der Waals surface area contributed by atoms with E-state index >= 15 is 0 Å². The summed E-state index contributed by atoms with van der Waals surface area (Å²) in [6.07, 6.45) is -0.674. The lowest BCUT2D eigenvalue weighted by atomic mass is 10.1. The van der Waals surface area contributed by atoms with Crippen molar-refractivity contribution in [1.82, 2.24) is 5.32 Å². The highest BCUT2D eigenvalue weighted by molar-refractivity contribution is 7.84. The van der Waals surface area contributed by atoms with E-state index < -0.39 is 17.9 Å². The van der Waals surface area contributed by atoms with Crippen LogP contribution in [0.3, 0.4) is 0 Å². The zero-order valence-corrected chi connectivity index (χ0v) is 15.5. The van der Waals surface area contributed by atoms with Gasteiger partial charge in [0.1, 0.15) is 23.6 Å². The summed E-state index contributed by atoms with van der Waals surface area (Å²) in [6.45, 7) is 0. The van der Waals surface area contributed by atoms with Crippen molar-refractivity contribution in [3.63, 3.8) is 0 Å². The number of methoxy groups -OCH3 is 2. The molecule has 0 fully saturated rings. The smallest absolute Gasteiger partial charge is 0.266 e. The van der Waals surface area contributed by atoms with Gasteiger partial charge in [0.15, 0.2) is 11.5 Å². The molecule has 2 aromatic carbocycles. The highest BCUT2D eigenvalue weighted by Crippen LogP contribution is 2.38. The van der Waals surface area contributed by atoms with Gasteiger partial charge in [-0.1, -0.05) is 6.07 Å². The van der Waals surface area contributed by atoms with E-state index in [1.807, 2.05) is 6.07 Å². The molecule has 0 bridgehead atoms. The van der Waals surface area contributed by atoms with E-state index in [4.69, 9.17) is 9.47 Å². The predicted molar refractivity (Wildman–Crippen MR) is 101 cm³/mol. The van der Waals surface area contributed by atoms with Crippen LogP contribution < -0.4 is 19.7 Å². The summed E-state index contributed by atoms with van der Waals surface area (Å²) in [5.41, 5.74) is 1.11. The summed E-state index contributed by atoms with van der Waals surface area (Å²) in [4.78, 5) is 14.0. The average molecular weight is 385 g/mol. The van der Waals surface area contributed by atoms with Gasteiger partial charge in [-0.2, -0.15) is 5.26 Å². The molecule has 27 heavy (non-hydrogen) atoms. The summed E-state index contributed by atoms with van der Waals surface area (Å²) in [5.74, 6) is 0.0865. The highest BCUT2D eigenvalue weighted by atomic mass is 32.1. The first-order valence-corrected chi connectivity index (χ1v) is 8.35. The molecule has 0 radical (unpaired) electrons. The van der Waals surface area contributed by atoms with E-state index in [0.29, 0.717) is 22.7 Å². The Morgan fingerprint density at radius 2 is 1.81 bits per heavy atom. The van der Waals surface area contributed by atoms with Crippen molar-refractivity contribution in [1.29, 1.82) is 5.26 Å². The molecule has 0 spiro atoms. The van der Waals surface area contributed by atoms with Crippen LogP contribution in [0.1, 0.15) is 11.7 Å². The Morgan fingerprint density at radius 1 is 1.15 bits per heavy atom. The number of hydrogen-bond donors (Lipinski definition) is 2. The Bertz CT molecular complexity index is 954. The molecule has 0 aromatic heterocycles. The van der Waals surface area contributed by atoms with Crippen molar-refractivity contribution in [3.05, 3.63) is 64.4 Å². The van der Waals surface area contributed by atoms with E-state index in [-0.39, 0.29) is 10.6 Å². The molecule has 6 nitrogen and oxygen atoms in total. The number of halogens is 1. The van der Waals surface area contributed by atoms with Gasteiger partial charge in [-0.3, -0.25) is 4.79 Å². The molecule has 1 N–H and O–H groups in total. The van der Waals surface area contributed by atoms with E-state index in [0.717, 1.165) is 0 Å². The van der Waals surface area contributed by atoms with E-state index in [9.17, 15) is 14.4 Å². The van der Waals surface area contributed by atoms with Crippen molar-refractivity contribution in [2.45, 2.75) is 6.17 Å². The highest BCUT2D eigenvalue weighted by Gasteiger charge is 2.34. The fourth-order valence-electron chi connectivity index (χ4n) is 2.83. The summed E-state index contributed by atoms with van der Waals surface area (Å²) >= 11 is 4.40. The van der Waals surface area contributed by atoms with Crippen LogP contribution in [0.25, 0.3) is 0 Å². The van der Waals surface area contributed by atoms with E-state index in [2.05, 4.69) is 17.9 Å². The van der Waals surface area contributed by atoms with Gasteiger partial charge in [0, 0.05) is 5.69 Å². The SMILES string of the molecule is COc1ccc(C2NC(=O)C(C#N)=C(S)N2c2ccc(F)cc2)cc1OC. The molecule has 8 heteroatoms.